The number of benzene rings is 1. The van der Waals surface area contributed by atoms with E-state index < -0.39 is 0 Å². The Labute approximate surface area is 126 Å². The van der Waals surface area contributed by atoms with Gasteiger partial charge in [-0.05, 0) is 43.0 Å². The smallest absolute Gasteiger partial charge is 0.221 e. The van der Waals surface area contributed by atoms with Gasteiger partial charge in [0.15, 0.2) is 0 Å². The summed E-state index contributed by atoms with van der Waals surface area (Å²) in [5.41, 5.74) is 5.67. The van der Waals surface area contributed by atoms with E-state index in [-0.39, 0.29) is 11.9 Å². The summed E-state index contributed by atoms with van der Waals surface area (Å²) < 4.78 is 1.07. The second kappa shape index (κ2) is 7.31. The molecule has 1 atom stereocenters. The van der Waals surface area contributed by atoms with E-state index in [1.54, 1.807) is 11.8 Å². The van der Waals surface area contributed by atoms with Gasteiger partial charge in [-0.3, -0.25) is 4.79 Å². The van der Waals surface area contributed by atoms with Crippen LogP contribution in [0.2, 0.25) is 0 Å². The summed E-state index contributed by atoms with van der Waals surface area (Å²) in [6.07, 6.45) is 2.95. The molecule has 0 spiro atoms. The number of thioether (sulfide) groups is 1. The molecule has 1 unspecified atom stereocenters. The fourth-order valence-electron chi connectivity index (χ4n) is 1.94. The normalized spacial score (nSPS) is 16.1. The molecule has 104 valence electrons. The zero-order valence-corrected chi connectivity index (χ0v) is 13.2. The summed E-state index contributed by atoms with van der Waals surface area (Å²) in [6, 6.07) is 8.32. The first kappa shape index (κ1) is 14.9. The predicted molar refractivity (Wildman–Crippen MR) is 83.2 cm³/mol. The van der Waals surface area contributed by atoms with Crippen LogP contribution < -0.4 is 11.1 Å². The minimum atomic E-state index is 0.118. The molecule has 3 nitrogen and oxygen atoms in total. The predicted octanol–water partition coefficient (Wildman–Crippen LogP) is 2.78. The molecule has 0 heterocycles. The fourth-order valence-corrected chi connectivity index (χ4v) is 3.06. The fraction of sp³-hybridized carbons (Fsp3) is 0.500. The molecule has 0 radical (unpaired) electrons. The molecular formula is C14H19BrN2OS. The number of nitrogens with two attached hydrogens (primary N) is 1. The van der Waals surface area contributed by atoms with Crippen LogP contribution in [0.4, 0.5) is 0 Å². The van der Waals surface area contributed by atoms with Crippen molar-refractivity contribution >= 4 is 33.6 Å². The highest BCUT2D eigenvalue weighted by atomic mass is 79.9. The van der Waals surface area contributed by atoms with E-state index >= 15 is 0 Å². The minimum Gasteiger partial charge on any atom is -0.352 e. The van der Waals surface area contributed by atoms with Gasteiger partial charge >= 0.3 is 0 Å². The summed E-state index contributed by atoms with van der Waals surface area (Å²) in [7, 11) is 0. The van der Waals surface area contributed by atoms with Crippen LogP contribution in [-0.2, 0) is 4.79 Å². The molecule has 5 heteroatoms. The molecule has 1 saturated carbocycles. The van der Waals surface area contributed by atoms with E-state index in [4.69, 9.17) is 5.73 Å². The Balaban J connectivity index is 1.67. The van der Waals surface area contributed by atoms with Crippen molar-refractivity contribution in [3.05, 3.63) is 28.7 Å². The lowest BCUT2D eigenvalue weighted by molar-refractivity contribution is -0.121. The maximum absolute atomic E-state index is 11.8. The first-order valence-corrected chi connectivity index (χ1v) is 8.34. The van der Waals surface area contributed by atoms with Gasteiger partial charge in [-0.25, -0.2) is 0 Å². The van der Waals surface area contributed by atoms with E-state index in [1.807, 2.05) is 12.1 Å². The number of rotatable bonds is 7. The van der Waals surface area contributed by atoms with Gasteiger partial charge in [-0.15, -0.1) is 11.8 Å². The minimum absolute atomic E-state index is 0.118. The maximum atomic E-state index is 11.8. The second-order valence-corrected chi connectivity index (χ2v) is 6.88. The molecule has 1 amide bonds. The van der Waals surface area contributed by atoms with Crippen molar-refractivity contribution in [1.82, 2.24) is 5.32 Å². The molecule has 3 N–H and O–H groups in total. The molecule has 0 aliphatic heterocycles. The van der Waals surface area contributed by atoms with E-state index in [2.05, 4.69) is 33.4 Å². The number of carbonyl (C=O) groups is 1. The lowest BCUT2D eigenvalue weighted by Gasteiger charge is -2.15. The van der Waals surface area contributed by atoms with Crippen molar-refractivity contribution in [2.24, 2.45) is 11.7 Å². The van der Waals surface area contributed by atoms with E-state index in [0.29, 0.717) is 18.9 Å². The molecule has 2 rings (SSSR count). The Morgan fingerprint density at radius 2 is 2.11 bits per heavy atom. The monoisotopic (exact) mass is 342 g/mol. The molecule has 1 aliphatic rings. The first-order valence-electron chi connectivity index (χ1n) is 6.57. The Hall–Kier alpha value is -0.520. The van der Waals surface area contributed by atoms with Gasteiger partial charge in [0.05, 0.1) is 0 Å². The highest BCUT2D eigenvalue weighted by Gasteiger charge is 2.30. The molecule has 0 aromatic heterocycles. The topological polar surface area (TPSA) is 55.1 Å². The first-order chi connectivity index (χ1) is 9.19. The quantitative estimate of drug-likeness (QED) is 0.749. The Morgan fingerprint density at radius 1 is 1.42 bits per heavy atom. The SMILES string of the molecule is NCC(NC(=O)CCSc1ccc(Br)cc1)C1CC1. The van der Waals surface area contributed by atoms with Crippen LogP contribution in [0.15, 0.2) is 33.6 Å². The summed E-state index contributed by atoms with van der Waals surface area (Å²) in [5.74, 6) is 1.54. The van der Waals surface area contributed by atoms with Gasteiger partial charge in [0, 0.05) is 34.1 Å². The van der Waals surface area contributed by atoms with Crippen molar-refractivity contribution in [1.29, 1.82) is 0 Å². The molecule has 1 aromatic carbocycles. The van der Waals surface area contributed by atoms with Crippen LogP contribution in [0.1, 0.15) is 19.3 Å². The van der Waals surface area contributed by atoms with E-state index in [1.165, 1.54) is 17.7 Å². The molecule has 0 saturated heterocycles. The number of hydrogen-bond acceptors (Lipinski definition) is 3. The molecule has 1 aliphatic carbocycles. The van der Waals surface area contributed by atoms with E-state index in [0.717, 1.165) is 10.2 Å². The van der Waals surface area contributed by atoms with Crippen LogP contribution in [0, 0.1) is 5.92 Å². The van der Waals surface area contributed by atoms with Crippen LogP contribution in [0.5, 0.6) is 0 Å². The van der Waals surface area contributed by atoms with Gasteiger partial charge in [0.2, 0.25) is 5.91 Å². The molecule has 1 fully saturated rings. The maximum Gasteiger partial charge on any atom is 0.221 e. The Bertz CT molecular complexity index is 420. The third-order valence-electron chi connectivity index (χ3n) is 3.20. The summed E-state index contributed by atoms with van der Waals surface area (Å²) >= 11 is 5.11. The number of amides is 1. The average molecular weight is 343 g/mol. The zero-order chi connectivity index (χ0) is 13.7. The third-order valence-corrected chi connectivity index (χ3v) is 4.75. The highest BCUT2D eigenvalue weighted by molar-refractivity contribution is 9.10. The van der Waals surface area contributed by atoms with Gasteiger partial charge in [0.25, 0.3) is 0 Å². The van der Waals surface area contributed by atoms with Crippen molar-refractivity contribution in [2.45, 2.75) is 30.2 Å². The lowest BCUT2D eigenvalue weighted by Crippen LogP contribution is -2.41. The van der Waals surface area contributed by atoms with Gasteiger partial charge in [-0.1, -0.05) is 15.9 Å². The molecular weight excluding hydrogens is 324 g/mol. The summed E-state index contributed by atoms with van der Waals surface area (Å²) in [6.45, 7) is 0.552. The number of hydrogen-bond donors (Lipinski definition) is 2. The second-order valence-electron chi connectivity index (χ2n) is 4.80. The molecule has 0 bridgehead atoms. The van der Waals surface area contributed by atoms with Crippen molar-refractivity contribution in [3.63, 3.8) is 0 Å². The van der Waals surface area contributed by atoms with Crippen molar-refractivity contribution < 1.29 is 4.79 Å². The van der Waals surface area contributed by atoms with E-state index in [9.17, 15) is 4.79 Å². The number of carbonyl (C=O) groups excluding carboxylic acids is 1. The zero-order valence-electron chi connectivity index (χ0n) is 10.8. The van der Waals surface area contributed by atoms with Crippen LogP contribution in [0.25, 0.3) is 0 Å². The number of nitrogens with one attached hydrogen (secondary N) is 1. The van der Waals surface area contributed by atoms with Crippen LogP contribution in [0.3, 0.4) is 0 Å². The number of halogens is 1. The van der Waals surface area contributed by atoms with Gasteiger partial charge in [-0.2, -0.15) is 0 Å². The summed E-state index contributed by atoms with van der Waals surface area (Å²) in [5, 5.41) is 3.04. The van der Waals surface area contributed by atoms with Crippen LogP contribution in [-0.4, -0.2) is 24.2 Å². The Kier molecular flexibility index (Phi) is 5.73. The highest BCUT2D eigenvalue weighted by Crippen LogP contribution is 2.32. The van der Waals surface area contributed by atoms with Crippen LogP contribution >= 0.6 is 27.7 Å². The molecule has 19 heavy (non-hydrogen) atoms. The third kappa shape index (κ3) is 5.16. The summed E-state index contributed by atoms with van der Waals surface area (Å²) in [4.78, 5) is 13.0. The van der Waals surface area contributed by atoms with Gasteiger partial charge < -0.3 is 11.1 Å². The Morgan fingerprint density at radius 3 is 2.68 bits per heavy atom. The lowest BCUT2D eigenvalue weighted by atomic mass is 10.2. The van der Waals surface area contributed by atoms with Gasteiger partial charge in [0.1, 0.15) is 0 Å². The molecule has 1 aromatic rings. The largest absolute Gasteiger partial charge is 0.352 e. The average Bonchev–Trinajstić information content (AvgIpc) is 3.23. The van der Waals surface area contributed by atoms with Crippen molar-refractivity contribution in [2.75, 3.05) is 12.3 Å². The van der Waals surface area contributed by atoms with Crippen molar-refractivity contribution in [3.8, 4) is 0 Å². The standard InChI is InChI=1S/C14H19BrN2OS/c15-11-3-5-12(6-4-11)19-8-7-14(18)17-13(9-16)10-1-2-10/h3-6,10,13H,1-2,7-9,16H2,(H,17,18).